The van der Waals surface area contributed by atoms with E-state index in [0.29, 0.717) is 10.4 Å². The van der Waals surface area contributed by atoms with Gasteiger partial charge < -0.3 is 5.73 Å². The Labute approximate surface area is 99.1 Å². The molecule has 0 amide bonds. The standard InChI is InChI=1S/C10H16N4OS/c1-6(2)5-8(15)14-10(16-7(3)4)12-9(11)13-14/h5,7H,1-4H3,(H2,11,13). The predicted molar refractivity (Wildman–Crippen MR) is 65.5 cm³/mol. The number of anilines is 1. The van der Waals surface area contributed by atoms with Crippen LogP contribution in [0.4, 0.5) is 5.95 Å². The highest BCUT2D eigenvalue weighted by molar-refractivity contribution is 7.99. The Morgan fingerprint density at radius 1 is 1.50 bits per heavy atom. The summed E-state index contributed by atoms with van der Waals surface area (Å²) in [6.45, 7) is 7.75. The number of hydrogen-bond donors (Lipinski definition) is 1. The second-order valence-electron chi connectivity index (χ2n) is 3.89. The highest BCUT2D eigenvalue weighted by atomic mass is 32.2. The molecule has 2 N–H and O–H groups in total. The van der Waals surface area contributed by atoms with Gasteiger partial charge >= 0.3 is 0 Å². The quantitative estimate of drug-likeness (QED) is 0.646. The molecule has 1 rings (SSSR count). The number of nitrogens with two attached hydrogens (primary N) is 1. The Morgan fingerprint density at radius 3 is 2.62 bits per heavy atom. The van der Waals surface area contributed by atoms with Crippen molar-refractivity contribution in [2.75, 3.05) is 5.73 Å². The number of allylic oxidation sites excluding steroid dienone is 2. The minimum Gasteiger partial charge on any atom is -0.366 e. The molecular weight excluding hydrogens is 224 g/mol. The molecule has 1 aromatic rings. The minimum atomic E-state index is -0.215. The third-order valence-electron chi connectivity index (χ3n) is 1.56. The molecule has 6 heteroatoms. The second-order valence-corrected chi connectivity index (χ2v) is 5.43. The van der Waals surface area contributed by atoms with Crippen molar-refractivity contribution in [1.29, 1.82) is 0 Å². The van der Waals surface area contributed by atoms with Crippen molar-refractivity contribution < 1.29 is 4.79 Å². The monoisotopic (exact) mass is 240 g/mol. The number of rotatable bonds is 3. The van der Waals surface area contributed by atoms with E-state index in [0.717, 1.165) is 5.57 Å². The third kappa shape index (κ3) is 3.37. The van der Waals surface area contributed by atoms with Crippen LogP contribution in [0.3, 0.4) is 0 Å². The van der Waals surface area contributed by atoms with Crippen molar-refractivity contribution in [2.24, 2.45) is 0 Å². The SMILES string of the molecule is CC(C)=CC(=O)n1nc(N)nc1SC(C)C. The Hall–Kier alpha value is -1.30. The molecule has 0 aliphatic rings. The average Bonchev–Trinajstić information content (AvgIpc) is 2.44. The lowest BCUT2D eigenvalue weighted by Crippen LogP contribution is -2.12. The molecule has 0 fully saturated rings. The molecule has 0 unspecified atom stereocenters. The van der Waals surface area contributed by atoms with Gasteiger partial charge in [0.05, 0.1) is 0 Å². The Morgan fingerprint density at radius 2 is 2.12 bits per heavy atom. The van der Waals surface area contributed by atoms with Crippen LogP contribution in [0.5, 0.6) is 0 Å². The second kappa shape index (κ2) is 5.16. The molecule has 1 aromatic heterocycles. The largest absolute Gasteiger partial charge is 0.366 e. The Bertz CT molecular complexity index is 418. The van der Waals surface area contributed by atoms with Crippen LogP contribution in [0.15, 0.2) is 16.8 Å². The fourth-order valence-corrected chi connectivity index (χ4v) is 1.85. The van der Waals surface area contributed by atoms with Crippen LogP contribution in [-0.2, 0) is 0 Å². The van der Waals surface area contributed by atoms with Gasteiger partial charge in [-0.3, -0.25) is 4.79 Å². The zero-order valence-corrected chi connectivity index (χ0v) is 10.7. The summed E-state index contributed by atoms with van der Waals surface area (Å²) in [5.74, 6) is -0.0917. The van der Waals surface area contributed by atoms with Gasteiger partial charge in [0.25, 0.3) is 5.91 Å². The number of hydrogen-bond acceptors (Lipinski definition) is 5. The highest BCUT2D eigenvalue weighted by Gasteiger charge is 2.14. The first-order valence-corrected chi connectivity index (χ1v) is 5.86. The molecular formula is C10H16N4OS. The molecule has 1 heterocycles. The van der Waals surface area contributed by atoms with Gasteiger partial charge in [-0.1, -0.05) is 31.2 Å². The molecule has 0 saturated carbocycles. The zero-order chi connectivity index (χ0) is 12.3. The van der Waals surface area contributed by atoms with Gasteiger partial charge in [0.15, 0.2) is 5.16 Å². The predicted octanol–water partition coefficient (Wildman–Crippen LogP) is 1.97. The number of carbonyl (C=O) groups is 1. The normalized spacial score (nSPS) is 10.6. The summed E-state index contributed by atoms with van der Waals surface area (Å²) in [6, 6.07) is 0. The number of aromatic nitrogens is 3. The van der Waals surface area contributed by atoms with Crippen molar-refractivity contribution in [2.45, 2.75) is 38.1 Å². The molecule has 0 bridgehead atoms. The van der Waals surface area contributed by atoms with Crippen molar-refractivity contribution in [3.8, 4) is 0 Å². The summed E-state index contributed by atoms with van der Waals surface area (Å²) in [7, 11) is 0. The van der Waals surface area contributed by atoms with Crippen LogP contribution >= 0.6 is 11.8 Å². The van der Waals surface area contributed by atoms with Gasteiger partial charge in [0.2, 0.25) is 5.95 Å². The van der Waals surface area contributed by atoms with Gasteiger partial charge in [0, 0.05) is 11.3 Å². The van der Waals surface area contributed by atoms with Gasteiger partial charge in [-0.25, -0.2) is 0 Å². The van der Waals surface area contributed by atoms with Crippen LogP contribution < -0.4 is 5.73 Å². The first-order valence-electron chi connectivity index (χ1n) is 4.98. The van der Waals surface area contributed by atoms with Crippen LogP contribution in [0, 0.1) is 0 Å². The maximum absolute atomic E-state index is 11.8. The van der Waals surface area contributed by atoms with Gasteiger partial charge in [-0.2, -0.15) is 9.67 Å². The average molecular weight is 240 g/mol. The zero-order valence-electron chi connectivity index (χ0n) is 9.89. The number of carbonyl (C=O) groups excluding carboxylic acids is 1. The third-order valence-corrected chi connectivity index (χ3v) is 2.50. The van der Waals surface area contributed by atoms with E-state index in [1.165, 1.54) is 22.5 Å². The van der Waals surface area contributed by atoms with E-state index in [2.05, 4.69) is 10.1 Å². The van der Waals surface area contributed by atoms with Crippen LogP contribution in [-0.4, -0.2) is 25.9 Å². The summed E-state index contributed by atoms with van der Waals surface area (Å²) >= 11 is 1.46. The lowest BCUT2D eigenvalue weighted by molar-refractivity contribution is 0.0942. The minimum absolute atomic E-state index is 0.124. The lowest BCUT2D eigenvalue weighted by atomic mass is 10.3. The van der Waals surface area contributed by atoms with E-state index in [4.69, 9.17) is 5.73 Å². The molecule has 0 radical (unpaired) electrons. The summed E-state index contributed by atoms with van der Waals surface area (Å²) in [5, 5.41) is 4.74. The van der Waals surface area contributed by atoms with E-state index in [1.54, 1.807) is 0 Å². The molecule has 0 aliphatic heterocycles. The molecule has 0 spiro atoms. The van der Waals surface area contributed by atoms with Crippen molar-refractivity contribution in [1.82, 2.24) is 14.8 Å². The van der Waals surface area contributed by atoms with E-state index >= 15 is 0 Å². The first kappa shape index (κ1) is 12.8. The summed E-state index contributed by atoms with van der Waals surface area (Å²) in [5.41, 5.74) is 6.41. The molecule has 16 heavy (non-hydrogen) atoms. The molecule has 88 valence electrons. The fraction of sp³-hybridized carbons (Fsp3) is 0.500. The van der Waals surface area contributed by atoms with Crippen molar-refractivity contribution >= 4 is 23.6 Å². The maximum Gasteiger partial charge on any atom is 0.273 e. The Balaban J connectivity index is 3.03. The first-order chi connectivity index (χ1) is 7.40. The number of nitrogen functional groups attached to an aromatic ring is 1. The maximum atomic E-state index is 11.8. The molecule has 0 aliphatic carbocycles. The lowest BCUT2D eigenvalue weighted by Gasteiger charge is -2.03. The van der Waals surface area contributed by atoms with E-state index in [1.807, 2.05) is 27.7 Å². The van der Waals surface area contributed by atoms with Gasteiger partial charge in [-0.15, -0.1) is 5.10 Å². The van der Waals surface area contributed by atoms with Crippen molar-refractivity contribution in [3.05, 3.63) is 11.6 Å². The van der Waals surface area contributed by atoms with E-state index < -0.39 is 0 Å². The number of nitrogens with zero attached hydrogens (tertiary/aromatic N) is 3. The summed E-state index contributed by atoms with van der Waals surface area (Å²) in [4.78, 5) is 15.8. The van der Waals surface area contributed by atoms with Gasteiger partial charge in [0.1, 0.15) is 0 Å². The summed E-state index contributed by atoms with van der Waals surface area (Å²) < 4.78 is 1.24. The van der Waals surface area contributed by atoms with Crippen LogP contribution in [0.1, 0.15) is 32.5 Å². The van der Waals surface area contributed by atoms with Crippen molar-refractivity contribution in [3.63, 3.8) is 0 Å². The molecule has 0 atom stereocenters. The van der Waals surface area contributed by atoms with E-state index in [9.17, 15) is 4.79 Å². The molecule has 5 nitrogen and oxygen atoms in total. The van der Waals surface area contributed by atoms with Gasteiger partial charge in [-0.05, 0) is 13.8 Å². The Kier molecular flexibility index (Phi) is 4.12. The topological polar surface area (TPSA) is 73.8 Å². The van der Waals surface area contributed by atoms with Crippen LogP contribution in [0.25, 0.3) is 0 Å². The fourth-order valence-electron chi connectivity index (χ4n) is 1.05. The summed E-state index contributed by atoms with van der Waals surface area (Å²) in [6.07, 6.45) is 1.51. The molecule has 0 saturated heterocycles. The highest BCUT2D eigenvalue weighted by Crippen LogP contribution is 2.21. The number of thioether (sulfide) groups is 1. The molecule has 0 aromatic carbocycles. The smallest absolute Gasteiger partial charge is 0.273 e. The van der Waals surface area contributed by atoms with E-state index in [-0.39, 0.29) is 11.9 Å². The van der Waals surface area contributed by atoms with Crippen LogP contribution in [0.2, 0.25) is 0 Å².